The highest BCUT2D eigenvalue weighted by atomic mass is 16.5. The van der Waals surface area contributed by atoms with E-state index in [0.29, 0.717) is 22.6 Å². The van der Waals surface area contributed by atoms with Gasteiger partial charge in [-0.1, -0.05) is 0 Å². The number of benzene rings is 1. The number of ether oxygens (including phenoxy) is 4. The molecule has 0 N–H and O–H groups in total. The summed E-state index contributed by atoms with van der Waals surface area (Å²) in [5.41, 5.74) is 3.13. The molecule has 1 aliphatic rings. The minimum absolute atomic E-state index is 0.186. The number of esters is 1. The maximum atomic E-state index is 12.6. The maximum Gasteiger partial charge on any atom is 0.331 e. The third kappa shape index (κ3) is 5.55. The summed E-state index contributed by atoms with van der Waals surface area (Å²) >= 11 is 0. The number of Topliss-reactive ketones (excluding diaryl/α,β-unsaturated/α-hetero) is 1. The monoisotopic (exact) mass is 427 g/mol. The first-order valence-corrected chi connectivity index (χ1v) is 10.3. The molecule has 0 unspecified atom stereocenters. The van der Waals surface area contributed by atoms with Crippen molar-refractivity contribution in [2.75, 3.05) is 27.4 Å². The predicted octanol–water partition coefficient (Wildman–Crippen LogP) is 3.74. The zero-order chi connectivity index (χ0) is 22.4. The minimum atomic E-state index is -0.598. The normalized spacial score (nSPS) is 15.9. The van der Waals surface area contributed by atoms with E-state index in [9.17, 15) is 9.59 Å². The van der Waals surface area contributed by atoms with Crippen LogP contribution >= 0.6 is 0 Å². The number of hydrogen-bond donors (Lipinski definition) is 0. The second-order valence-corrected chi connectivity index (χ2v) is 7.50. The summed E-state index contributed by atoms with van der Waals surface area (Å²) in [5, 5.41) is 0. The SMILES string of the molecule is COc1ccc(/C=C/C(=O)OCC(=O)c2cc(C)n(C[C@@H]3CCCO3)c2C)c(OC)c1. The molecule has 0 saturated carbocycles. The number of methoxy groups -OCH3 is 2. The van der Waals surface area contributed by atoms with Crippen molar-refractivity contribution in [1.82, 2.24) is 4.57 Å². The molecule has 0 bridgehead atoms. The standard InChI is InChI=1S/C24H29NO6/c1-16-12-21(17(2)25(16)14-20-6-5-11-30-20)22(26)15-31-24(27)10-8-18-7-9-19(28-3)13-23(18)29-4/h7-10,12-13,20H,5-6,11,14-15H2,1-4H3/b10-8+/t20-/m0/s1. The van der Waals surface area contributed by atoms with Gasteiger partial charge in [0.05, 0.1) is 20.3 Å². The van der Waals surface area contributed by atoms with Gasteiger partial charge in [0, 0.05) is 47.8 Å². The third-order valence-corrected chi connectivity index (χ3v) is 5.47. The Hall–Kier alpha value is -3.06. The Morgan fingerprint density at radius 3 is 2.68 bits per heavy atom. The van der Waals surface area contributed by atoms with E-state index in [4.69, 9.17) is 18.9 Å². The first kappa shape index (κ1) is 22.6. The molecule has 1 aliphatic heterocycles. The van der Waals surface area contributed by atoms with Gasteiger partial charge < -0.3 is 23.5 Å². The van der Waals surface area contributed by atoms with E-state index < -0.39 is 5.97 Å². The summed E-state index contributed by atoms with van der Waals surface area (Å²) in [6.07, 6.45) is 5.15. The molecule has 7 nitrogen and oxygen atoms in total. The summed E-state index contributed by atoms with van der Waals surface area (Å²) in [4.78, 5) is 24.8. The second kappa shape index (κ2) is 10.3. The van der Waals surface area contributed by atoms with E-state index in [-0.39, 0.29) is 18.5 Å². The van der Waals surface area contributed by atoms with Gasteiger partial charge in [-0.05, 0) is 51.0 Å². The average Bonchev–Trinajstić information content (AvgIpc) is 3.39. The molecule has 1 aromatic heterocycles. The summed E-state index contributed by atoms with van der Waals surface area (Å²) in [6, 6.07) is 7.11. The number of ketones is 1. The molecule has 1 aromatic carbocycles. The Morgan fingerprint density at radius 1 is 1.19 bits per heavy atom. The van der Waals surface area contributed by atoms with Crippen LogP contribution in [0.4, 0.5) is 0 Å². The molecule has 1 saturated heterocycles. The first-order chi connectivity index (χ1) is 14.9. The molecule has 1 atom stereocenters. The lowest BCUT2D eigenvalue weighted by Crippen LogP contribution is -2.18. The van der Waals surface area contributed by atoms with Crippen LogP contribution in [0.15, 0.2) is 30.3 Å². The first-order valence-electron chi connectivity index (χ1n) is 10.3. The lowest BCUT2D eigenvalue weighted by molar-refractivity contribution is -0.136. The number of aryl methyl sites for hydroxylation is 1. The van der Waals surface area contributed by atoms with E-state index in [0.717, 1.165) is 37.4 Å². The van der Waals surface area contributed by atoms with Gasteiger partial charge in [-0.3, -0.25) is 4.79 Å². The van der Waals surface area contributed by atoms with Crippen molar-refractivity contribution in [3.05, 3.63) is 52.9 Å². The molecule has 166 valence electrons. The molecule has 2 aromatic rings. The number of carbonyl (C=O) groups excluding carboxylic acids is 2. The Bertz CT molecular complexity index is 969. The van der Waals surface area contributed by atoms with Crippen LogP contribution in [-0.2, 0) is 20.8 Å². The average molecular weight is 427 g/mol. The summed E-state index contributed by atoms with van der Waals surface area (Å²) in [6.45, 7) is 5.09. The molecule has 2 heterocycles. The number of aromatic nitrogens is 1. The van der Waals surface area contributed by atoms with Crippen molar-refractivity contribution < 1.29 is 28.5 Å². The maximum absolute atomic E-state index is 12.6. The van der Waals surface area contributed by atoms with Crippen LogP contribution in [0.3, 0.4) is 0 Å². The third-order valence-electron chi connectivity index (χ3n) is 5.47. The summed E-state index contributed by atoms with van der Waals surface area (Å²) in [5.74, 6) is 0.396. The van der Waals surface area contributed by atoms with Crippen LogP contribution in [-0.4, -0.2) is 49.9 Å². The fourth-order valence-corrected chi connectivity index (χ4v) is 3.73. The smallest absolute Gasteiger partial charge is 0.331 e. The largest absolute Gasteiger partial charge is 0.497 e. The molecule has 0 radical (unpaired) electrons. The molecule has 0 aliphatic carbocycles. The number of carbonyl (C=O) groups is 2. The van der Waals surface area contributed by atoms with Crippen LogP contribution in [0.2, 0.25) is 0 Å². The van der Waals surface area contributed by atoms with E-state index in [1.807, 2.05) is 19.9 Å². The van der Waals surface area contributed by atoms with Gasteiger partial charge >= 0.3 is 5.97 Å². The van der Waals surface area contributed by atoms with Gasteiger partial charge in [-0.2, -0.15) is 0 Å². The number of hydrogen-bond acceptors (Lipinski definition) is 6. The van der Waals surface area contributed by atoms with Crippen molar-refractivity contribution >= 4 is 17.8 Å². The van der Waals surface area contributed by atoms with Crippen LogP contribution in [0.25, 0.3) is 6.08 Å². The van der Waals surface area contributed by atoms with Crippen LogP contribution in [0.5, 0.6) is 11.5 Å². The van der Waals surface area contributed by atoms with Crippen molar-refractivity contribution in [2.24, 2.45) is 0 Å². The highest BCUT2D eigenvalue weighted by molar-refractivity contribution is 6.00. The highest BCUT2D eigenvalue weighted by Crippen LogP contribution is 2.25. The number of nitrogens with zero attached hydrogens (tertiary/aromatic N) is 1. The van der Waals surface area contributed by atoms with Crippen LogP contribution in [0, 0.1) is 13.8 Å². The summed E-state index contributed by atoms with van der Waals surface area (Å²) in [7, 11) is 3.11. The molecule has 31 heavy (non-hydrogen) atoms. The quantitative estimate of drug-likeness (QED) is 0.345. The van der Waals surface area contributed by atoms with Gasteiger partial charge in [0.2, 0.25) is 5.78 Å². The van der Waals surface area contributed by atoms with E-state index >= 15 is 0 Å². The fourth-order valence-electron chi connectivity index (χ4n) is 3.73. The zero-order valence-corrected chi connectivity index (χ0v) is 18.5. The van der Waals surface area contributed by atoms with Gasteiger partial charge in [-0.25, -0.2) is 4.79 Å². The van der Waals surface area contributed by atoms with E-state index in [1.54, 1.807) is 38.5 Å². The van der Waals surface area contributed by atoms with Gasteiger partial charge in [0.1, 0.15) is 11.5 Å². The highest BCUT2D eigenvalue weighted by Gasteiger charge is 2.21. The second-order valence-electron chi connectivity index (χ2n) is 7.50. The van der Waals surface area contributed by atoms with Crippen molar-refractivity contribution in [1.29, 1.82) is 0 Å². The van der Waals surface area contributed by atoms with Crippen molar-refractivity contribution in [2.45, 2.75) is 39.3 Å². The van der Waals surface area contributed by atoms with Gasteiger partial charge in [0.25, 0.3) is 0 Å². The lowest BCUT2D eigenvalue weighted by atomic mass is 10.1. The Labute approximate surface area is 182 Å². The number of rotatable bonds is 9. The van der Waals surface area contributed by atoms with Crippen molar-refractivity contribution in [3.8, 4) is 11.5 Å². The molecular formula is C24H29NO6. The predicted molar refractivity (Wildman–Crippen MR) is 117 cm³/mol. The molecule has 1 fully saturated rings. The lowest BCUT2D eigenvalue weighted by Gasteiger charge is -2.14. The van der Waals surface area contributed by atoms with Gasteiger partial charge in [-0.15, -0.1) is 0 Å². The molecular weight excluding hydrogens is 398 g/mol. The summed E-state index contributed by atoms with van der Waals surface area (Å²) < 4.78 is 23.4. The van der Waals surface area contributed by atoms with Crippen molar-refractivity contribution in [3.63, 3.8) is 0 Å². The Kier molecular flexibility index (Phi) is 7.52. The molecule has 0 amide bonds. The Morgan fingerprint density at radius 2 is 2.00 bits per heavy atom. The van der Waals surface area contributed by atoms with Crippen LogP contribution in [0.1, 0.15) is 40.2 Å². The minimum Gasteiger partial charge on any atom is -0.497 e. The fraction of sp³-hybridized carbons (Fsp3) is 0.417. The Balaban J connectivity index is 1.59. The van der Waals surface area contributed by atoms with E-state index in [1.165, 1.54) is 6.08 Å². The molecule has 7 heteroatoms. The molecule has 0 spiro atoms. The zero-order valence-electron chi connectivity index (χ0n) is 18.5. The van der Waals surface area contributed by atoms with Crippen LogP contribution < -0.4 is 9.47 Å². The molecule has 3 rings (SSSR count). The van der Waals surface area contributed by atoms with E-state index in [2.05, 4.69) is 4.57 Å². The topological polar surface area (TPSA) is 76.0 Å². The van der Waals surface area contributed by atoms with Gasteiger partial charge in [0.15, 0.2) is 6.61 Å².